The molecule has 16 heavy (non-hydrogen) atoms. The summed E-state index contributed by atoms with van der Waals surface area (Å²) in [7, 11) is 1.67. The summed E-state index contributed by atoms with van der Waals surface area (Å²) in [5.74, 6) is 1.15. The molecule has 1 atom stereocenters. The van der Waals surface area contributed by atoms with E-state index >= 15 is 0 Å². The summed E-state index contributed by atoms with van der Waals surface area (Å²) in [4.78, 5) is 4.26. The number of nitrogens with zero attached hydrogens (tertiary/aromatic N) is 2. The maximum absolute atomic E-state index is 6.20. The second kappa shape index (κ2) is 4.51. The van der Waals surface area contributed by atoms with E-state index in [4.69, 9.17) is 15.0 Å². The van der Waals surface area contributed by atoms with E-state index in [1.54, 1.807) is 7.11 Å². The van der Waals surface area contributed by atoms with Crippen LogP contribution in [0.25, 0.3) is 0 Å². The van der Waals surface area contributed by atoms with E-state index in [0.29, 0.717) is 18.1 Å². The van der Waals surface area contributed by atoms with E-state index < -0.39 is 5.54 Å². The smallest absolute Gasteiger partial charge is 0.226 e. The zero-order chi connectivity index (χ0) is 12.4. The Hall–Kier alpha value is -0.940. The summed E-state index contributed by atoms with van der Waals surface area (Å²) in [5.41, 5.74) is 5.25. The lowest BCUT2D eigenvalue weighted by Gasteiger charge is -2.31. The Morgan fingerprint density at radius 2 is 2.00 bits per heavy atom. The van der Waals surface area contributed by atoms with Gasteiger partial charge in [-0.05, 0) is 20.8 Å². The molecular formula is C11H21N3O2. The molecule has 0 aromatic carbocycles. The molecule has 5 heteroatoms. The van der Waals surface area contributed by atoms with Gasteiger partial charge in [-0.3, -0.25) is 0 Å². The minimum absolute atomic E-state index is 0.309. The van der Waals surface area contributed by atoms with Gasteiger partial charge >= 0.3 is 0 Å². The first kappa shape index (κ1) is 13.1. The third-order valence-corrected chi connectivity index (χ3v) is 2.63. The Labute approximate surface area is 96.4 Å². The van der Waals surface area contributed by atoms with Gasteiger partial charge in [0.2, 0.25) is 5.89 Å². The molecule has 0 aliphatic rings. The highest BCUT2D eigenvalue weighted by Gasteiger charge is 2.34. The van der Waals surface area contributed by atoms with Crippen LogP contribution in [0.1, 0.15) is 45.8 Å². The van der Waals surface area contributed by atoms with E-state index in [1.807, 2.05) is 27.7 Å². The van der Waals surface area contributed by atoms with Crippen molar-refractivity contribution >= 4 is 0 Å². The number of ether oxygens (including phenoxy) is 1. The van der Waals surface area contributed by atoms with Gasteiger partial charge in [0.1, 0.15) is 0 Å². The van der Waals surface area contributed by atoms with Crippen LogP contribution in [0.4, 0.5) is 0 Å². The molecule has 2 N–H and O–H groups in total. The zero-order valence-corrected chi connectivity index (χ0v) is 10.7. The second-order valence-electron chi connectivity index (χ2n) is 4.92. The Morgan fingerprint density at radius 1 is 1.38 bits per heavy atom. The van der Waals surface area contributed by atoms with Crippen LogP contribution < -0.4 is 5.73 Å². The van der Waals surface area contributed by atoms with Gasteiger partial charge < -0.3 is 15.0 Å². The van der Waals surface area contributed by atoms with Crippen LogP contribution in [-0.2, 0) is 16.7 Å². The lowest BCUT2D eigenvalue weighted by atomic mass is 9.88. The van der Waals surface area contributed by atoms with Gasteiger partial charge in [0.25, 0.3) is 0 Å². The molecule has 0 saturated heterocycles. The van der Waals surface area contributed by atoms with Crippen LogP contribution >= 0.6 is 0 Å². The number of methoxy groups -OCH3 is 1. The molecule has 0 amide bonds. The van der Waals surface area contributed by atoms with Crippen molar-refractivity contribution in [2.24, 2.45) is 5.73 Å². The highest BCUT2D eigenvalue weighted by molar-refractivity contribution is 5.04. The summed E-state index contributed by atoms with van der Waals surface area (Å²) in [6.07, 6.45) is 1.34. The lowest BCUT2D eigenvalue weighted by Crippen LogP contribution is -2.42. The molecule has 1 heterocycles. The molecule has 0 saturated carbocycles. The fraction of sp³-hybridized carbons (Fsp3) is 0.818. The summed E-state index contributed by atoms with van der Waals surface area (Å²) >= 11 is 0. The van der Waals surface area contributed by atoms with Crippen molar-refractivity contribution in [3.8, 4) is 0 Å². The number of aromatic nitrogens is 2. The van der Waals surface area contributed by atoms with Crippen LogP contribution in [0.2, 0.25) is 0 Å². The predicted molar refractivity (Wildman–Crippen MR) is 60.9 cm³/mol. The molecular weight excluding hydrogens is 206 g/mol. The Bertz CT molecular complexity index is 345. The van der Waals surface area contributed by atoms with E-state index in [1.165, 1.54) is 0 Å². The summed E-state index contributed by atoms with van der Waals surface area (Å²) in [5, 5.41) is 3.91. The fourth-order valence-corrected chi connectivity index (χ4v) is 1.67. The van der Waals surface area contributed by atoms with E-state index in [-0.39, 0.29) is 5.60 Å². The Morgan fingerprint density at radius 3 is 2.44 bits per heavy atom. The molecule has 0 spiro atoms. The molecule has 0 radical (unpaired) electrons. The summed E-state index contributed by atoms with van der Waals surface area (Å²) in [6, 6.07) is 0. The topological polar surface area (TPSA) is 74.2 Å². The number of rotatable bonds is 5. The largest absolute Gasteiger partial charge is 0.379 e. The second-order valence-corrected chi connectivity index (χ2v) is 4.92. The van der Waals surface area contributed by atoms with Gasteiger partial charge in [0.05, 0.1) is 11.1 Å². The lowest BCUT2D eigenvalue weighted by molar-refractivity contribution is -0.00280. The van der Waals surface area contributed by atoms with Crippen molar-refractivity contribution in [2.45, 2.75) is 51.7 Å². The monoisotopic (exact) mass is 227 g/mol. The van der Waals surface area contributed by atoms with Crippen molar-refractivity contribution < 1.29 is 9.26 Å². The third kappa shape index (κ3) is 3.02. The van der Waals surface area contributed by atoms with Crippen molar-refractivity contribution in [1.82, 2.24) is 10.1 Å². The van der Waals surface area contributed by atoms with Crippen molar-refractivity contribution in [3.63, 3.8) is 0 Å². The van der Waals surface area contributed by atoms with Crippen LogP contribution in [0.15, 0.2) is 4.52 Å². The van der Waals surface area contributed by atoms with Gasteiger partial charge in [-0.25, -0.2) is 0 Å². The minimum atomic E-state index is -0.642. The van der Waals surface area contributed by atoms with Crippen molar-refractivity contribution in [2.75, 3.05) is 7.11 Å². The summed E-state index contributed by atoms with van der Waals surface area (Å²) in [6.45, 7) is 7.82. The molecule has 0 bridgehead atoms. The first-order valence-corrected chi connectivity index (χ1v) is 5.48. The number of nitrogens with two attached hydrogens (primary N) is 1. The SMILES string of the molecule is CCc1nc(C(C)(N)CC(C)(C)OC)no1. The Kier molecular flexibility index (Phi) is 3.70. The molecule has 5 nitrogen and oxygen atoms in total. The average Bonchev–Trinajstić information content (AvgIpc) is 2.65. The van der Waals surface area contributed by atoms with E-state index in [0.717, 1.165) is 6.42 Å². The fourth-order valence-electron chi connectivity index (χ4n) is 1.67. The molecule has 0 fully saturated rings. The molecule has 92 valence electrons. The van der Waals surface area contributed by atoms with Crippen LogP contribution in [0.5, 0.6) is 0 Å². The van der Waals surface area contributed by atoms with Gasteiger partial charge in [-0.15, -0.1) is 0 Å². The van der Waals surface area contributed by atoms with Crippen LogP contribution in [0, 0.1) is 0 Å². The van der Waals surface area contributed by atoms with Gasteiger partial charge in [-0.1, -0.05) is 12.1 Å². The van der Waals surface area contributed by atoms with Gasteiger partial charge in [0, 0.05) is 20.0 Å². The van der Waals surface area contributed by atoms with Crippen LogP contribution in [-0.4, -0.2) is 22.9 Å². The molecule has 1 rings (SSSR count). The van der Waals surface area contributed by atoms with Crippen molar-refractivity contribution in [1.29, 1.82) is 0 Å². The first-order chi connectivity index (χ1) is 7.30. The predicted octanol–water partition coefficient (Wildman–Crippen LogP) is 1.62. The highest BCUT2D eigenvalue weighted by atomic mass is 16.5. The molecule has 1 unspecified atom stereocenters. The maximum Gasteiger partial charge on any atom is 0.226 e. The standard InChI is InChI=1S/C11H21N3O2/c1-6-8-13-9(14-16-8)11(4,12)7-10(2,3)15-5/h6-7,12H2,1-5H3. The van der Waals surface area contributed by atoms with Gasteiger partial charge in [0.15, 0.2) is 5.82 Å². The third-order valence-electron chi connectivity index (χ3n) is 2.63. The van der Waals surface area contributed by atoms with Gasteiger partial charge in [-0.2, -0.15) is 4.98 Å². The molecule has 0 aliphatic heterocycles. The van der Waals surface area contributed by atoms with Crippen molar-refractivity contribution in [3.05, 3.63) is 11.7 Å². The highest BCUT2D eigenvalue weighted by Crippen LogP contribution is 2.27. The Balaban J connectivity index is 2.84. The first-order valence-electron chi connectivity index (χ1n) is 5.48. The number of hydrogen-bond donors (Lipinski definition) is 1. The van der Waals surface area contributed by atoms with E-state index in [2.05, 4.69) is 10.1 Å². The number of hydrogen-bond acceptors (Lipinski definition) is 5. The quantitative estimate of drug-likeness (QED) is 0.827. The molecule has 1 aromatic heterocycles. The maximum atomic E-state index is 6.20. The molecule has 1 aromatic rings. The number of aryl methyl sites for hydroxylation is 1. The normalized spacial score (nSPS) is 16.1. The minimum Gasteiger partial charge on any atom is -0.379 e. The average molecular weight is 227 g/mol. The molecule has 0 aliphatic carbocycles. The van der Waals surface area contributed by atoms with E-state index in [9.17, 15) is 0 Å². The van der Waals surface area contributed by atoms with Crippen LogP contribution in [0.3, 0.4) is 0 Å². The summed E-state index contributed by atoms with van der Waals surface area (Å²) < 4.78 is 10.4. The zero-order valence-electron chi connectivity index (χ0n) is 10.7.